The fraction of sp³-hybridized carbons (Fsp3) is 0.417. The molecule has 1 saturated carbocycles. The molecule has 7 heteroatoms. The van der Waals surface area contributed by atoms with Crippen LogP contribution in [0.4, 0.5) is 10.1 Å². The molecule has 0 spiro atoms. The molecular formula is C24H29FN4O2. The zero-order valence-corrected chi connectivity index (χ0v) is 17.8. The third-order valence-electron chi connectivity index (χ3n) is 5.98. The summed E-state index contributed by atoms with van der Waals surface area (Å²) in [4.78, 5) is 16.6. The topological polar surface area (TPSA) is 74.8 Å². The van der Waals surface area contributed by atoms with E-state index in [9.17, 15) is 9.18 Å². The zero-order chi connectivity index (χ0) is 21.7. The average Bonchev–Trinajstić information content (AvgIpc) is 3.36. The molecule has 1 unspecified atom stereocenters. The van der Waals surface area contributed by atoms with Gasteiger partial charge in [0.15, 0.2) is 5.96 Å². The maximum Gasteiger partial charge on any atom is 0.253 e. The third kappa shape index (κ3) is 5.41. The second-order valence-electron chi connectivity index (χ2n) is 8.26. The second-order valence-corrected chi connectivity index (χ2v) is 8.26. The van der Waals surface area contributed by atoms with Crippen LogP contribution in [-0.2, 0) is 21.5 Å². The summed E-state index contributed by atoms with van der Waals surface area (Å²) in [5.74, 6) is 0.404. The smallest absolute Gasteiger partial charge is 0.253 e. The Kier molecular flexibility index (Phi) is 6.51. The van der Waals surface area contributed by atoms with E-state index in [0.717, 1.165) is 42.5 Å². The Hall–Kier alpha value is -2.93. The molecule has 0 radical (unpaired) electrons. The number of carbonyl (C=O) groups is 1. The number of halogens is 1. The molecule has 2 aliphatic rings. The molecule has 1 heterocycles. The summed E-state index contributed by atoms with van der Waals surface area (Å²) in [6.07, 6.45) is 3.42. The van der Waals surface area contributed by atoms with Gasteiger partial charge in [0.25, 0.3) is 5.91 Å². The number of nitrogens with one attached hydrogen (secondary N) is 3. The van der Waals surface area contributed by atoms with Gasteiger partial charge in [-0.25, -0.2) is 4.39 Å². The van der Waals surface area contributed by atoms with Crippen molar-refractivity contribution < 1.29 is 13.9 Å². The maximum atomic E-state index is 13.6. The van der Waals surface area contributed by atoms with Crippen LogP contribution in [0.1, 0.15) is 36.8 Å². The van der Waals surface area contributed by atoms with Crippen LogP contribution in [0.5, 0.6) is 0 Å². The molecule has 2 aromatic rings. The number of ether oxygens (including phenoxy) is 1. The molecule has 1 aliphatic heterocycles. The fourth-order valence-corrected chi connectivity index (χ4v) is 3.96. The number of carbonyl (C=O) groups excluding carboxylic acids is 1. The molecule has 0 bridgehead atoms. The number of rotatable bonds is 7. The van der Waals surface area contributed by atoms with Crippen LogP contribution >= 0.6 is 0 Å². The van der Waals surface area contributed by atoms with Crippen molar-refractivity contribution in [3.05, 3.63) is 65.5 Å². The van der Waals surface area contributed by atoms with E-state index in [1.165, 1.54) is 6.07 Å². The van der Waals surface area contributed by atoms with E-state index in [1.54, 1.807) is 19.2 Å². The van der Waals surface area contributed by atoms with E-state index in [1.807, 2.05) is 30.3 Å². The lowest BCUT2D eigenvalue weighted by atomic mass is 9.96. The summed E-state index contributed by atoms with van der Waals surface area (Å²) in [5.41, 5.74) is 2.79. The van der Waals surface area contributed by atoms with Gasteiger partial charge in [-0.3, -0.25) is 9.79 Å². The van der Waals surface area contributed by atoms with Crippen molar-refractivity contribution in [2.45, 2.75) is 43.7 Å². The Labute approximate surface area is 182 Å². The highest BCUT2D eigenvalue weighted by atomic mass is 19.1. The van der Waals surface area contributed by atoms with Crippen LogP contribution in [0.3, 0.4) is 0 Å². The van der Waals surface area contributed by atoms with Gasteiger partial charge in [-0.05, 0) is 61.1 Å². The first kappa shape index (κ1) is 21.3. The van der Waals surface area contributed by atoms with Crippen LogP contribution in [0.25, 0.3) is 0 Å². The third-order valence-corrected chi connectivity index (χ3v) is 5.98. The molecule has 1 aliphatic carbocycles. The van der Waals surface area contributed by atoms with E-state index < -0.39 is 0 Å². The van der Waals surface area contributed by atoms with Crippen molar-refractivity contribution >= 4 is 17.6 Å². The second kappa shape index (κ2) is 9.47. The van der Waals surface area contributed by atoms with Crippen LogP contribution in [0.2, 0.25) is 0 Å². The monoisotopic (exact) mass is 424 g/mol. The summed E-state index contributed by atoms with van der Waals surface area (Å²) >= 11 is 0. The first-order valence-electron chi connectivity index (χ1n) is 10.8. The Morgan fingerprint density at radius 3 is 2.74 bits per heavy atom. The fourth-order valence-electron chi connectivity index (χ4n) is 3.96. The molecule has 31 heavy (non-hydrogen) atoms. The minimum Gasteiger partial charge on any atom is -0.368 e. The summed E-state index contributed by atoms with van der Waals surface area (Å²) in [6.45, 7) is 1.92. The Morgan fingerprint density at radius 2 is 2.03 bits per heavy atom. The largest absolute Gasteiger partial charge is 0.368 e. The van der Waals surface area contributed by atoms with Crippen LogP contribution < -0.4 is 16.0 Å². The molecule has 4 rings (SSSR count). The normalized spacial score (nSPS) is 19.7. The van der Waals surface area contributed by atoms with Gasteiger partial charge in [-0.2, -0.15) is 0 Å². The first-order valence-corrected chi connectivity index (χ1v) is 10.8. The SMILES string of the molecule is CN=C(NCc1cccc(NC(=O)C2CCCO2)c1)NCC1(c2cccc(F)c2)CC1. The summed E-state index contributed by atoms with van der Waals surface area (Å²) in [7, 11) is 1.73. The summed E-state index contributed by atoms with van der Waals surface area (Å²) < 4.78 is 19.0. The van der Waals surface area contributed by atoms with Gasteiger partial charge < -0.3 is 20.7 Å². The number of benzene rings is 2. The highest BCUT2D eigenvalue weighted by Crippen LogP contribution is 2.47. The van der Waals surface area contributed by atoms with Crippen molar-refractivity contribution in [3.63, 3.8) is 0 Å². The van der Waals surface area contributed by atoms with Crippen molar-refractivity contribution in [3.8, 4) is 0 Å². The molecule has 164 valence electrons. The van der Waals surface area contributed by atoms with Crippen molar-refractivity contribution in [2.75, 3.05) is 25.5 Å². The standard InChI is InChI=1S/C24H29FN4O2/c1-26-23(28-16-24(10-11-24)18-6-3-7-19(25)14-18)27-15-17-5-2-8-20(13-17)29-22(30)21-9-4-12-31-21/h2-3,5-8,13-14,21H,4,9-12,15-16H2,1H3,(H,29,30)(H2,26,27,28). The van der Waals surface area contributed by atoms with Crippen LogP contribution in [-0.4, -0.2) is 38.2 Å². The lowest BCUT2D eigenvalue weighted by molar-refractivity contribution is -0.124. The van der Waals surface area contributed by atoms with Gasteiger partial charge in [0.05, 0.1) is 0 Å². The van der Waals surface area contributed by atoms with Gasteiger partial charge in [0.1, 0.15) is 11.9 Å². The van der Waals surface area contributed by atoms with Gasteiger partial charge in [0, 0.05) is 37.8 Å². The van der Waals surface area contributed by atoms with Gasteiger partial charge in [-0.1, -0.05) is 24.3 Å². The molecule has 1 saturated heterocycles. The highest BCUT2D eigenvalue weighted by Gasteiger charge is 2.44. The predicted octanol–water partition coefficient (Wildman–Crippen LogP) is 3.34. The summed E-state index contributed by atoms with van der Waals surface area (Å²) in [5, 5.41) is 9.62. The van der Waals surface area contributed by atoms with Crippen molar-refractivity contribution in [1.29, 1.82) is 0 Å². The molecule has 1 atom stereocenters. The Bertz CT molecular complexity index is 952. The van der Waals surface area contributed by atoms with E-state index >= 15 is 0 Å². The molecule has 6 nitrogen and oxygen atoms in total. The molecule has 2 aromatic carbocycles. The molecule has 1 amide bonds. The predicted molar refractivity (Wildman–Crippen MR) is 120 cm³/mol. The van der Waals surface area contributed by atoms with E-state index in [-0.39, 0.29) is 23.2 Å². The Morgan fingerprint density at radius 1 is 1.19 bits per heavy atom. The summed E-state index contributed by atoms with van der Waals surface area (Å²) in [6, 6.07) is 14.6. The van der Waals surface area contributed by atoms with E-state index in [2.05, 4.69) is 20.9 Å². The van der Waals surface area contributed by atoms with E-state index in [0.29, 0.717) is 25.7 Å². The number of hydrogen-bond acceptors (Lipinski definition) is 3. The van der Waals surface area contributed by atoms with Crippen molar-refractivity contribution in [2.24, 2.45) is 4.99 Å². The minimum atomic E-state index is -0.349. The minimum absolute atomic E-state index is 0.0216. The average molecular weight is 425 g/mol. The quantitative estimate of drug-likeness (QED) is 0.471. The Balaban J connectivity index is 1.29. The zero-order valence-electron chi connectivity index (χ0n) is 17.8. The number of nitrogens with zero attached hydrogens (tertiary/aromatic N) is 1. The van der Waals surface area contributed by atoms with Gasteiger partial charge >= 0.3 is 0 Å². The lowest BCUT2D eigenvalue weighted by Gasteiger charge is -2.19. The van der Waals surface area contributed by atoms with Gasteiger partial charge in [-0.15, -0.1) is 0 Å². The number of guanidine groups is 1. The maximum absolute atomic E-state index is 13.6. The number of amides is 1. The lowest BCUT2D eigenvalue weighted by Crippen LogP contribution is -2.40. The number of anilines is 1. The van der Waals surface area contributed by atoms with Crippen LogP contribution in [0.15, 0.2) is 53.5 Å². The number of hydrogen-bond donors (Lipinski definition) is 3. The molecule has 2 fully saturated rings. The first-order chi connectivity index (χ1) is 15.1. The van der Waals surface area contributed by atoms with E-state index in [4.69, 9.17) is 4.74 Å². The molecule has 0 aromatic heterocycles. The van der Waals surface area contributed by atoms with Crippen LogP contribution in [0, 0.1) is 5.82 Å². The number of aliphatic imine (C=N–C) groups is 1. The molecular weight excluding hydrogens is 395 g/mol. The van der Waals surface area contributed by atoms with Crippen molar-refractivity contribution in [1.82, 2.24) is 10.6 Å². The highest BCUT2D eigenvalue weighted by molar-refractivity contribution is 5.94. The van der Waals surface area contributed by atoms with Gasteiger partial charge in [0.2, 0.25) is 0 Å². The molecule has 3 N–H and O–H groups in total.